The second kappa shape index (κ2) is 5.76. The molecule has 0 spiro atoms. The van der Waals surface area contributed by atoms with Gasteiger partial charge in [-0.25, -0.2) is 9.48 Å². The van der Waals surface area contributed by atoms with E-state index < -0.39 is 0 Å². The number of rotatable bonds is 4. The number of hydrogen-bond donors (Lipinski definition) is 2. The van der Waals surface area contributed by atoms with Crippen LogP contribution < -0.4 is 10.6 Å². The highest BCUT2D eigenvalue weighted by atomic mass is 16.2. The fourth-order valence-electron chi connectivity index (χ4n) is 2.41. The molecule has 9 nitrogen and oxygen atoms in total. The molecule has 1 saturated carbocycles. The predicted molar refractivity (Wildman–Crippen MR) is 87.4 cm³/mol. The second-order valence-corrected chi connectivity index (χ2v) is 5.71. The van der Waals surface area contributed by atoms with E-state index in [0.29, 0.717) is 17.5 Å². The van der Waals surface area contributed by atoms with Gasteiger partial charge in [0.25, 0.3) is 0 Å². The molecule has 9 heteroatoms. The maximum absolute atomic E-state index is 11.9. The molecule has 1 fully saturated rings. The van der Waals surface area contributed by atoms with Gasteiger partial charge in [-0.15, -0.1) is 5.10 Å². The summed E-state index contributed by atoms with van der Waals surface area (Å²) in [4.78, 5) is 11.9. The molecule has 0 bridgehead atoms. The van der Waals surface area contributed by atoms with Crippen LogP contribution in [0.1, 0.15) is 18.9 Å². The smallest absolute Gasteiger partial charge is 0.308 e. The highest BCUT2D eigenvalue weighted by Gasteiger charge is 2.28. The molecule has 3 aromatic rings. The standard InChI is InChI=1S/C15H16N8O/c1-22-9-8-13(19-22)17-15(24)16-11-4-2-10(3-5-11)14-18-20-21-23(14)12-6-7-12/h2-5,8-9,12H,6-7H2,1H3,(H2,16,17,19,24). The topological polar surface area (TPSA) is 103 Å². The van der Waals surface area contributed by atoms with Crippen LogP contribution in [0, 0.1) is 0 Å². The third-order valence-electron chi connectivity index (χ3n) is 3.74. The Morgan fingerprint density at radius 2 is 1.96 bits per heavy atom. The van der Waals surface area contributed by atoms with Crippen molar-refractivity contribution >= 4 is 17.5 Å². The van der Waals surface area contributed by atoms with Crippen LogP contribution in [0.4, 0.5) is 16.3 Å². The number of benzene rings is 1. The molecule has 4 rings (SSSR count). The van der Waals surface area contributed by atoms with Crippen LogP contribution in [0.15, 0.2) is 36.5 Å². The van der Waals surface area contributed by atoms with Gasteiger partial charge < -0.3 is 5.32 Å². The van der Waals surface area contributed by atoms with Gasteiger partial charge in [0.05, 0.1) is 6.04 Å². The van der Waals surface area contributed by atoms with E-state index in [9.17, 15) is 4.79 Å². The number of aromatic nitrogens is 6. The summed E-state index contributed by atoms with van der Waals surface area (Å²) in [6, 6.07) is 9.21. The lowest BCUT2D eigenvalue weighted by Crippen LogP contribution is -2.19. The number of tetrazole rings is 1. The fourth-order valence-corrected chi connectivity index (χ4v) is 2.41. The van der Waals surface area contributed by atoms with E-state index in [4.69, 9.17) is 0 Å². The first-order valence-corrected chi connectivity index (χ1v) is 7.65. The summed E-state index contributed by atoms with van der Waals surface area (Å²) in [6.45, 7) is 0. The van der Waals surface area contributed by atoms with E-state index >= 15 is 0 Å². The third kappa shape index (κ3) is 2.96. The lowest BCUT2D eigenvalue weighted by molar-refractivity contribution is 0.262. The first-order valence-electron chi connectivity index (χ1n) is 7.65. The Morgan fingerprint density at radius 3 is 2.62 bits per heavy atom. The molecule has 0 unspecified atom stereocenters. The van der Waals surface area contributed by atoms with Crippen LogP contribution in [0.3, 0.4) is 0 Å². The number of amides is 2. The Morgan fingerprint density at radius 1 is 1.17 bits per heavy atom. The molecular formula is C15H16N8O. The minimum absolute atomic E-state index is 0.343. The lowest BCUT2D eigenvalue weighted by atomic mass is 10.2. The molecule has 24 heavy (non-hydrogen) atoms. The Labute approximate surface area is 137 Å². The van der Waals surface area contributed by atoms with Crippen molar-refractivity contribution in [2.75, 3.05) is 10.6 Å². The van der Waals surface area contributed by atoms with Gasteiger partial charge in [0.2, 0.25) is 0 Å². The molecule has 0 radical (unpaired) electrons. The molecule has 1 aliphatic carbocycles. The number of aryl methyl sites for hydroxylation is 1. The molecule has 1 aromatic carbocycles. The van der Waals surface area contributed by atoms with Crippen LogP contribution in [-0.2, 0) is 7.05 Å². The van der Waals surface area contributed by atoms with Gasteiger partial charge in [-0.2, -0.15) is 5.10 Å². The van der Waals surface area contributed by atoms with Crippen molar-refractivity contribution in [2.24, 2.45) is 7.05 Å². The van der Waals surface area contributed by atoms with Crippen LogP contribution in [-0.4, -0.2) is 36.0 Å². The first kappa shape index (κ1) is 14.4. The molecule has 1 aliphatic rings. The largest absolute Gasteiger partial charge is 0.324 e. The van der Waals surface area contributed by atoms with Gasteiger partial charge >= 0.3 is 6.03 Å². The summed E-state index contributed by atoms with van der Waals surface area (Å²) in [7, 11) is 1.79. The molecule has 2 N–H and O–H groups in total. The van der Waals surface area contributed by atoms with Crippen molar-refractivity contribution in [1.29, 1.82) is 0 Å². The summed E-state index contributed by atoms with van der Waals surface area (Å²) in [5.41, 5.74) is 1.60. The number of anilines is 2. The summed E-state index contributed by atoms with van der Waals surface area (Å²) in [6.07, 6.45) is 3.99. The first-order chi connectivity index (χ1) is 11.7. The second-order valence-electron chi connectivity index (χ2n) is 5.71. The monoisotopic (exact) mass is 324 g/mol. The number of hydrogen-bond acceptors (Lipinski definition) is 5. The zero-order valence-corrected chi connectivity index (χ0v) is 13.0. The van der Waals surface area contributed by atoms with Gasteiger partial charge in [-0.05, 0) is 47.5 Å². The average Bonchev–Trinajstić information content (AvgIpc) is 3.15. The summed E-state index contributed by atoms with van der Waals surface area (Å²) in [5, 5.41) is 21.4. The van der Waals surface area contributed by atoms with Gasteiger partial charge in [0, 0.05) is 30.6 Å². The maximum Gasteiger partial charge on any atom is 0.324 e. The number of urea groups is 1. The summed E-state index contributed by atoms with van der Waals surface area (Å²) < 4.78 is 3.48. The Kier molecular flexibility index (Phi) is 3.45. The molecule has 2 heterocycles. The van der Waals surface area contributed by atoms with Crippen molar-refractivity contribution in [3.05, 3.63) is 36.5 Å². The normalized spacial score (nSPS) is 13.7. The number of carbonyl (C=O) groups excluding carboxylic acids is 1. The zero-order chi connectivity index (χ0) is 16.5. The summed E-state index contributed by atoms with van der Waals surface area (Å²) in [5.74, 6) is 1.25. The number of nitrogens with one attached hydrogen (secondary N) is 2. The van der Waals surface area contributed by atoms with Gasteiger partial charge in [0.1, 0.15) is 0 Å². The molecule has 0 aliphatic heterocycles. The van der Waals surface area contributed by atoms with Crippen molar-refractivity contribution < 1.29 is 4.79 Å². The van der Waals surface area contributed by atoms with Crippen LogP contribution >= 0.6 is 0 Å². The Hall–Kier alpha value is -3.23. The highest BCUT2D eigenvalue weighted by molar-refractivity contribution is 5.99. The lowest BCUT2D eigenvalue weighted by Gasteiger charge is -2.07. The van der Waals surface area contributed by atoms with Gasteiger partial charge in [-0.3, -0.25) is 10.00 Å². The van der Waals surface area contributed by atoms with Gasteiger partial charge in [0.15, 0.2) is 11.6 Å². The van der Waals surface area contributed by atoms with Crippen LogP contribution in [0.5, 0.6) is 0 Å². The van der Waals surface area contributed by atoms with Crippen molar-refractivity contribution in [3.8, 4) is 11.4 Å². The molecule has 122 valence electrons. The Bertz CT molecular complexity index is 862. The average molecular weight is 324 g/mol. The minimum atomic E-state index is -0.343. The Balaban J connectivity index is 1.43. The van der Waals surface area contributed by atoms with Crippen LogP contribution in [0.25, 0.3) is 11.4 Å². The highest BCUT2D eigenvalue weighted by Crippen LogP contribution is 2.36. The predicted octanol–water partition coefficient (Wildman–Crippen LogP) is 2.05. The van der Waals surface area contributed by atoms with E-state index in [2.05, 4.69) is 31.3 Å². The zero-order valence-electron chi connectivity index (χ0n) is 13.0. The maximum atomic E-state index is 11.9. The molecule has 2 aromatic heterocycles. The molecule has 0 saturated heterocycles. The quantitative estimate of drug-likeness (QED) is 0.764. The van der Waals surface area contributed by atoms with Crippen LogP contribution in [0.2, 0.25) is 0 Å². The van der Waals surface area contributed by atoms with Crippen molar-refractivity contribution in [2.45, 2.75) is 18.9 Å². The third-order valence-corrected chi connectivity index (χ3v) is 3.74. The fraction of sp³-hybridized carbons (Fsp3) is 0.267. The van der Waals surface area contributed by atoms with E-state index in [1.54, 1.807) is 24.0 Å². The van der Waals surface area contributed by atoms with E-state index in [1.165, 1.54) is 0 Å². The van der Waals surface area contributed by atoms with Crippen molar-refractivity contribution in [3.63, 3.8) is 0 Å². The van der Waals surface area contributed by atoms with Crippen molar-refractivity contribution in [1.82, 2.24) is 30.0 Å². The minimum Gasteiger partial charge on any atom is -0.308 e. The van der Waals surface area contributed by atoms with E-state index in [1.807, 2.05) is 28.9 Å². The summed E-state index contributed by atoms with van der Waals surface area (Å²) >= 11 is 0. The molecule has 2 amide bonds. The van der Waals surface area contributed by atoms with E-state index in [-0.39, 0.29) is 6.03 Å². The number of nitrogens with zero attached hydrogens (tertiary/aromatic N) is 6. The van der Waals surface area contributed by atoms with Gasteiger partial charge in [-0.1, -0.05) is 0 Å². The SMILES string of the molecule is Cn1ccc(NC(=O)Nc2ccc(-c3nnnn3C3CC3)cc2)n1. The molecule has 0 atom stereocenters. The van der Waals surface area contributed by atoms with E-state index in [0.717, 1.165) is 24.2 Å². The molecular weight excluding hydrogens is 308 g/mol. The number of carbonyl (C=O) groups is 1.